The van der Waals surface area contributed by atoms with Crippen molar-refractivity contribution in [3.8, 4) is 0 Å². The molecule has 1 spiro atoms. The van der Waals surface area contributed by atoms with Gasteiger partial charge in [0.15, 0.2) is 0 Å². The van der Waals surface area contributed by atoms with Crippen LogP contribution in [0, 0.1) is 5.92 Å². The molecule has 3 aliphatic rings. The van der Waals surface area contributed by atoms with Crippen LogP contribution < -0.4 is 10.2 Å². The Labute approximate surface area is 185 Å². The van der Waals surface area contributed by atoms with Gasteiger partial charge in [0, 0.05) is 56.5 Å². The Bertz CT molecular complexity index is 928. The van der Waals surface area contributed by atoms with Gasteiger partial charge < -0.3 is 19.9 Å². The lowest BCUT2D eigenvalue weighted by atomic mass is 9.81. The summed E-state index contributed by atoms with van der Waals surface area (Å²) in [6, 6.07) is 17.0. The third-order valence-electron chi connectivity index (χ3n) is 7.12. The molecular formula is C26H33N3O2. The van der Waals surface area contributed by atoms with Crippen molar-refractivity contribution in [3.05, 3.63) is 65.2 Å². The van der Waals surface area contributed by atoms with Gasteiger partial charge in [-0.05, 0) is 61.1 Å². The van der Waals surface area contributed by atoms with E-state index in [0.717, 1.165) is 31.1 Å². The van der Waals surface area contributed by atoms with Gasteiger partial charge in [-0.2, -0.15) is 0 Å². The number of benzene rings is 2. The molecule has 0 aromatic heterocycles. The zero-order valence-electron chi connectivity index (χ0n) is 18.5. The highest BCUT2D eigenvalue weighted by molar-refractivity contribution is 5.95. The summed E-state index contributed by atoms with van der Waals surface area (Å²) in [7, 11) is 1.65. The number of hydrogen-bond acceptors (Lipinski definition) is 4. The van der Waals surface area contributed by atoms with Gasteiger partial charge in [-0.15, -0.1) is 0 Å². The Morgan fingerprint density at radius 2 is 2.00 bits per heavy atom. The molecule has 1 N–H and O–H groups in total. The average molecular weight is 420 g/mol. The molecular weight excluding hydrogens is 386 g/mol. The van der Waals surface area contributed by atoms with Gasteiger partial charge in [-0.1, -0.05) is 30.3 Å². The van der Waals surface area contributed by atoms with E-state index in [-0.39, 0.29) is 11.3 Å². The van der Waals surface area contributed by atoms with Crippen molar-refractivity contribution in [2.45, 2.75) is 31.2 Å². The first-order valence-corrected chi connectivity index (χ1v) is 11.6. The van der Waals surface area contributed by atoms with Crippen molar-refractivity contribution in [2.24, 2.45) is 5.92 Å². The van der Waals surface area contributed by atoms with E-state index in [9.17, 15) is 4.79 Å². The molecule has 0 bridgehead atoms. The van der Waals surface area contributed by atoms with Crippen molar-refractivity contribution >= 4 is 11.6 Å². The van der Waals surface area contributed by atoms with Crippen LogP contribution in [-0.4, -0.2) is 57.2 Å². The van der Waals surface area contributed by atoms with Crippen LogP contribution in [0.1, 0.15) is 40.7 Å². The monoisotopic (exact) mass is 419 g/mol. The molecule has 1 unspecified atom stereocenters. The summed E-state index contributed by atoms with van der Waals surface area (Å²) < 4.78 is 5.07. The van der Waals surface area contributed by atoms with E-state index < -0.39 is 0 Å². The molecule has 2 aromatic carbocycles. The first kappa shape index (κ1) is 20.5. The second-order valence-corrected chi connectivity index (χ2v) is 9.53. The lowest BCUT2D eigenvalue weighted by Crippen LogP contribution is -2.37. The van der Waals surface area contributed by atoms with E-state index >= 15 is 0 Å². The molecule has 1 atom stereocenters. The largest absolute Gasteiger partial charge is 0.383 e. The summed E-state index contributed by atoms with van der Waals surface area (Å²) in [6.45, 7) is 6.53. The predicted molar refractivity (Wildman–Crippen MR) is 124 cm³/mol. The van der Waals surface area contributed by atoms with Gasteiger partial charge in [0.25, 0.3) is 5.91 Å². The SMILES string of the molecule is COCCNC(=O)c1ccc2c(c1)C1(CCN(CC3CC3)C1)CN2Cc1ccccc1. The highest BCUT2D eigenvalue weighted by atomic mass is 16.5. The van der Waals surface area contributed by atoms with E-state index in [4.69, 9.17) is 4.74 Å². The highest BCUT2D eigenvalue weighted by Gasteiger charge is 2.48. The van der Waals surface area contributed by atoms with Gasteiger partial charge in [-0.3, -0.25) is 4.79 Å². The van der Waals surface area contributed by atoms with E-state index in [1.54, 1.807) is 7.11 Å². The van der Waals surface area contributed by atoms with Crippen LogP contribution in [0.4, 0.5) is 5.69 Å². The minimum Gasteiger partial charge on any atom is -0.383 e. The topological polar surface area (TPSA) is 44.8 Å². The second kappa shape index (κ2) is 8.64. The average Bonchev–Trinajstić information content (AvgIpc) is 3.44. The number of rotatable bonds is 8. The van der Waals surface area contributed by atoms with Crippen LogP contribution in [0.25, 0.3) is 0 Å². The highest BCUT2D eigenvalue weighted by Crippen LogP contribution is 2.48. The number of fused-ring (bicyclic) bond motifs is 2. The number of likely N-dealkylation sites (tertiary alicyclic amines) is 1. The molecule has 5 nitrogen and oxygen atoms in total. The maximum absolute atomic E-state index is 12.7. The van der Waals surface area contributed by atoms with Crippen LogP contribution in [0.15, 0.2) is 48.5 Å². The Hall–Kier alpha value is -2.37. The number of anilines is 1. The molecule has 164 valence electrons. The Kier molecular flexibility index (Phi) is 5.72. The number of nitrogens with one attached hydrogen (secondary N) is 1. The maximum atomic E-state index is 12.7. The zero-order chi connectivity index (χ0) is 21.3. The fourth-order valence-corrected chi connectivity index (χ4v) is 5.36. The third-order valence-corrected chi connectivity index (χ3v) is 7.12. The van der Waals surface area contributed by atoms with E-state index in [0.29, 0.717) is 13.2 Å². The van der Waals surface area contributed by atoms with Crippen molar-refractivity contribution in [3.63, 3.8) is 0 Å². The summed E-state index contributed by atoms with van der Waals surface area (Å²) in [5.41, 5.74) is 4.88. The van der Waals surface area contributed by atoms with Crippen molar-refractivity contribution < 1.29 is 9.53 Å². The van der Waals surface area contributed by atoms with E-state index in [1.807, 2.05) is 6.07 Å². The van der Waals surface area contributed by atoms with Crippen LogP contribution >= 0.6 is 0 Å². The number of carbonyl (C=O) groups is 1. The summed E-state index contributed by atoms with van der Waals surface area (Å²) in [4.78, 5) is 17.9. The number of nitrogens with zero attached hydrogens (tertiary/aromatic N) is 2. The minimum absolute atomic E-state index is 0.00987. The molecule has 1 aliphatic carbocycles. The lowest BCUT2D eigenvalue weighted by Gasteiger charge is -2.27. The number of carbonyl (C=O) groups excluding carboxylic acids is 1. The smallest absolute Gasteiger partial charge is 0.251 e. The molecule has 31 heavy (non-hydrogen) atoms. The molecule has 5 rings (SSSR count). The number of ether oxygens (including phenoxy) is 1. The first-order chi connectivity index (χ1) is 15.2. The fraction of sp³-hybridized carbons (Fsp3) is 0.500. The van der Waals surface area contributed by atoms with Crippen molar-refractivity contribution in [1.29, 1.82) is 0 Å². The van der Waals surface area contributed by atoms with Gasteiger partial charge in [-0.25, -0.2) is 0 Å². The van der Waals surface area contributed by atoms with Crippen LogP contribution in [0.3, 0.4) is 0 Å². The second-order valence-electron chi connectivity index (χ2n) is 9.53. The summed E-state index contributed by atoms with van der Waals surface area (Å²) in [6.07, 6.45) is 3.96. The van der Waals surface area contributed by atoms with Crippen LogP contribution in [0.2, 0.25) is 0 Å². The maximum Gasteiger partial charge on any atom is 0.251 e. The summed E-state index contributed by atoms with van der Waals surface area (Å²) in [5.74, 6) is 0.902. The molecule has 2 fully saturated rings. The van der Waals surface area contributed by atoms with Crippen molar-refractivity contribution in [1.82, 2.24) is 10.2 Å². The molecule has 2 aliphatic heterocycles. The van der Waals surface area contributed by atoms with Gasteiger partial charge >= 0.3 is 0 Å². The van der Waals surface area contributed by atoms with Gasteiger partial charge in [0.05, 0.1) is 6.61 Å². The van der Waals surface area contributed by atoms with Crippen LogP contribution in [-0.2, 0) is 16.7 Å². The molecule has 0 radical (unpaired) electrons. The summed E-state index contributed by atoms with van der Waals surface area (Å²) >= 11 is 0. The number of hydrogen-bond donors (Lipinski definition) is 1. The standard InChI is InChI=1S/C26H33N3O2/c1-31-14-12-27-25(30)22-9-10-24-23(15-22)26(11-13-28(18-26)16-21-7-8-21)19-29(24)17-20-5-3-2-4-6-20/h2-6,9-10,15,21H,7-8,11-14,16-19H2,1H3,(H,27,30). The van der Waals surface area contributed by atoms with E-state index in [1.165, 1.54) is 49.2 Å². The quantitative estimate of drug-likeness (QED) is 0.666. The predicted octanol–water partition coefficient (Wildman–Crippen LogP) is 3.44. The molecule has 5 heteroatoms. The normalized spacial score (nSPS) is 22.8. The Morgan fingerprint density at radius 1 is 1.16 bits per heavy atom. The summed E-state index contributed by atoms with van der Waals surface area (Å²) in [5, 5.41) is 2.98. The number of amides is 1. The van der Waals surface area contributed by atoms with Gasteiger partial charge in [0.2, 0.25) is 0 Å². The first-order valence-electron chi connectivity index (χ1n) is 11.6. The number of methoxy groups -OCH3 is 1. The molecule has 1 saturated carbocycles. The lowest BCUT2D eigenvalue weighted by molar-refractivity contribution is 0.0937. The molecule has 1 saturated heterocycles. The molecule has 2 aromatic rings. The minimum atomic E-state index is -0.00987. The fourth-order valence-electron chi connectivity index (χ4n) is 5.36. The van der Waals surface area contributed by atoms with Crippen LogP contribution in [0.5, 0.6) is 0 Å². The van der Waals surface area contributed by atoms with Crippen molar-refractivity contribution in [2.75, 3.05) is 51.3 Å². The zero-order valence-corrected chi connectivity index (χ0v) is 18.5. The van der Waals surface area contributed by atoms with E-state index in [2.05, 4.69) is 57.6 Å². The van der Waals surface area contributed by atoms with Gasteiger partial charge in [0.1, 0.15) is 0 Å². The Morgan fingerprint density at radius 3 is 2.77 bits per heavy atom. The molecule has 1 amide bonds. The Balaban J connectivity index is 1.42. The molecule has 2 heterocycles. The third kappa shape index (κ3) is 4.35.